The third-order valence-electron chi connectivity index (χ3n) is 0.356. The molecule has 3 N–H and O–H groups in total. The lowest BCUT2D eigenvalue weighted by Crippen LogP contribution is -2.08. The number of alkyl halides is 2. The molecule has 4 heteroatoms. The second-order valence-electron chi connectivity index (χ2n) is 0.962. The lowest BCUT2D eigenvalue weighted by Gasteiger charge is -1.94. The molecule has 0 saturated heterocycles. The van der Waals surface area contributed by atoms with Crippen LogP contribution in [0.5, 0.6) is 0 Å². The molecular weight excluding hydrogens is 139 g/mol. The van der Waals surface area contributed by atoms with Gasteiger partial charge in [0.1, 0.15) is 0 Å². The summed E-state index contributed by atoms with van der Waals surface area (Å²) in [5.74, 6) is 0.451. The Morgan fingerprint density at radius 3 is 1.57 bits per heavy atom. The first-order valence-corrected chi connectivity index (χ1v) is 2.68. The van der Waals surface area contributed by atoms with Crippen molar-refractivity contribution in [2.75, 3.05) is 11.8 Å². The molecule has 0 aromatic carbocycles. The van der Waals surface area contributed by atoms with Gasteiger partial charge < -0.3 is 10.6 Å². The molecule has 0 aromatic heterocycles. The molecule has 0 atom stereocenters. The van der Waals surface area contributed by atoms with Crippen molar-refractivity contribution in [3.05, 3.63) is 0 Å². The van der Waals surface area contributed by atoms with Crippen molar-refractivity contribution in [3.8, 4) is 0 Å². The average Bonchev–Trinajstić information content (AvgIpc) is 1.65. The van der Waals surface area contributed by atoms with E-state index in [0.717, 1.165) is 0 Å². The quantitative estimate of drug-likeness (QED) is 0.549. The first kappa shape index (κ1) is 10.5. The number of aliphatic hydroxyl groups excluding tert-OH is 1. The molecule has 0 heterocycles. The Hall–Kier alpha value is 0.500. The molecule has 0 fully saturated rings. The highest BCUT2D eigenvalue weighted by atomic mass is 35.5. The highest BCUT2D eigenvalue weighted by Gasteiger charge is 1.94. The van der Waals surface area contributed by atoms with Gasteiger partial charge in [-0.3, -0.25) is 0 Å². The van der Waals surface area contributed by atoms with Crippen molar-refractivity contribution in [3.63, 3.8) is 0 Å². The fraction of sp³-hybridized carbons (Fsp3) is 1.00. The highest BCUT2D eigenvalue weighted by molar-refractivity contribution is 6.21. The van der Waals surface area contributed by atoms with Crippen LogP contribution in [-0.4, -0.2) is 28.4 Å². The molecule has 0 aliphatic carbocycles. The summed E-state index contributed by atoms with van der Waals surface area (Å²) in [7, 11) is 0. The van der Waals surface area contributed by atoms with Crippen LogP contribution in [0.4, 0.5) is 0 Å². The normalized spacial score (nSPS) is 8.57. The molecule has 0 rings (SSSR count). The number of hydrogen-bond donors (Lipinski definition) is 1. The van der Waals surface area contributed by atoms with E-state index >= 15 is 0 Å². The lowest BCUT2D eigenvalue weighted by molar-refractivity contribution is 0.222. The van der Waals surface area contributed by atoms with E-state index in [-0.39, 0.29) is 17.2 Å². The number of rotatable bonds is 2. The number of hydrogen-bond acceptors (Lipinski definition) is 1. The second kappa shape index (κ2) is 6.50. The van der Waals surface area contributed by atoms with Crippen LogP contribution in [0.15, 0.2) is 0 Å². The third-order valence-corrected chi connectivity index (χ3v) is 1.07. The molecule has 0 saturated carbocycles. The van der Waals surface area contributed by atoms with Crippen LogP contribution in [0.25, 0.3) is 0 Å². The van der Waals surface area contributed by atoms with Crippen molar-refractivity contribution in [1.82, 2.24) is 0 Å². The Kier molecular flexibility index (Phi) is 9.73. The molecule has 0 aliphatic heterocycles. The Balaban J connectivity index is 0. The van der Waals surface area contributed by atoms with Crippen LogP contribution in [0, 0.1) is 0 Å². The molecule has 0 spiro atoms. The Labute approximate surface area is 52.4 Å². The molecule has 46 valence electrons. The molecular formula is C3H8Cl2O2. The van der Waals surface area contributed by atoms with Crippen molar-refractivity contribution in [1.29, 1.82) is 0 Å². The Bertz CT molecular complexity index is 30.1. The standard InChI is InChI=1S/C3H6Cl2O.H2O/c4-1-3(6)2-5;/h3,6H,1-2H2;1H2. The van der Waals surface area contributed by atoms with E-state index in [4.69, 9.17) is 28.3 Å². The minimum atomic E-state index is -0.534. The van der Waals surface area contributed by atoms with Crippen molar-refractivity contribution < 1.29 is 10.6 Å². The predicted octanol–water partition coefficient (Wildman–Crippen LogP) is 0.000200. The van der Waals surface area contributed by atoms with Crippen molar-refractivity contribution in [2.24, 2.45) is 0 Å². The average molecular weight is 147 g/mol. The summed E-state index contributed by atoms with van der Waals surface area (Å²) in [5.41, 5.74) is 0. The van der Waals surface area contributed by atoms with Crippen LogP contribution >= 0.6 is 23.2 Å². The fourth-order valence-electron chi connectivity index (χ4n) is 0.0412. The summed E-state index contributed by atoms with van der Waals surface area (Å²) >= 11 is 10.2. The fourth-order valence-corrected chi connectivity index (χ4v) is 0.371. The van der Waals surface area contributed by atoms with E-state index in [1.54, 1.807) is 0 Å². The van der Waals surface area contributed by atoms with Gasteiger partial charge in [0.05, 0.1) is 6.10 Å². The van der Waals surface area contributed by atoms with Gasteiger partial charge in [-0.25, -0.2) is 0 Å². The zero-order chi connectivity index (χ0) is 4.99. The largest absolute Gasteiger partial charge is 0.412 e. The van der Waals surface area contributed by atoms with E-state index in [1.165, 1.54) is 0 Å². The molecule has 0 amide bonds. The first-order valence-electron chi connectivity index (χ1n) is 1.61. The topological polar surface area (TPSA) is 51.7 Å². The van der Waals surface area contributed by atoms with Gasteiger partial charge in [-0.15, -0.1) is 23.2 Å². The smallest absolute Gasteiger partial charge is 0.0810 e. The second-order valence-corrected chi connectivity index (χ2v) is 1.58. The number of aliphatic hydroxyl groups is 1. The Morgan fingerprint density at radius 2 is 1.57 bits per heavy atom. The zero-order valence-corrected chi connectivity index (χ0v) is 5.21. The highest BCUT2D eigenvalue weighted by Crippen LogP contribution is 1.88. The minimum absolute atomic E-state index is 0. The molecule has 0 unspecified atom stereocenters. The van der Waals surface area contributed by atoms with Crippen molar-refractivity contribution in [2.45, 2.75) is 6.10 Å². The molecule has 0 aromatic rings. The van der Waals surface area contributed by atoms with Crippen LogP contribution in [-0.2, 0) is 0 Å². The van der Waals surface area contributed by atoms with Crippen molar-refractivity contribution >= 4 is 23.2 Å². The summed E-state index contributed by atoms with van der Waals surface area (Å²) in [6, 6.07) is 0. The van der Waals surface area contributed by atoms with E-state index in [1.807, 2.05) is 0 Å². The molecule has 0 radical (unpaired) electrons. The summed E-state index contributed by atoms with van der Waals surface area (Å²) in [6.45, 7) is 0. The summed E-state index contributed by atoms with van der Waals surface area (Å²) in [4.78, 5) is 0. The van der Waals surface area contributed by atoms with Gasteiger partial charge in [0.2, 0.25) is 0 Å². The summed E-state index contributed by atoms with van der Waals surface area (Å²) in [5, 5.41) is 8.40. The SMILES string of the molecule is O.OC(CCl)CCl. The van der Waals surface area contributed by atoms with Gasteiger partial charge in [-0.1, -0.05) is 0 Å². The van der Waals surface area contributed by atoms with E-state index < -0.39 is 6.10 Å². The maximum absolute atomic E-state index is 8.40. The van der Waals surface area contributed by atoms with Gasteiger partial charge >= 0.3 is 0 Å². The van der Waals surface area contributed by atoms with Gasteiger partial charge in [0, 0.05) is 11.8 Å². The van der Waals surface area contributed by atoms with Gasteiger partial charge in [-0.2, -0.15) is 0 Å². The Morgan fingerprint density at radius 1 is 1.29 bits per heavy atom. The number of halogens is 2. The lowest BCUT2D eigenvalue weighted by atomic mass is 10.5. The van der Waals surface area contributed by atoms with Gasteiger partial charge in [-0.05, 0) is 0 Å². The predicted molar refractivity (Wildman–Crippen MR) is 31.1 cm³/mol. The van der Waals surface area contributed by atoms with E-state index in [2.05, 4.69) is 0 Å². The first-order chi connectivity index (χ1) is 2.81. The molecule has 0 bridgehead atoms. The summed E-state index contributed by atoms with van der Waals surface area (Å²) < 4.78 is 0. The van der Waals surface area contributed by atoms with Crippen LogP contribution < -0.4 is 0 Å². The molecule has 0 aliphatic rings. The minimum Gasteiger partial charge on any atom is -0.412 e. The molecule has 2 nitrogen and oxygen atoms in total. The van der Waals surface area contributed by atoms with Crippen LogP contribution in [0.1, 0.15) is 0 Å². The molecule has 7 heavy (non-hydrogen) atoms. The van der Waals surface area contributed by atoms with Gasteiger partial charge in [0.15, 0.2) is 0 Å². The maximum Gasteiger partial charge on any atom is 0.0810 e. The zero-order valence-electron chi connectivity index (χ0n) is 3.69. The summed E-state index contributed by atoms with van der Waals surface area (Å²) in [6.07, 6.45) is -0.534. The monoisotopic (exact) mass is 146 g/mol. The van der Waals surface area contributed by atoms with Gasteiger partial charge in [0.25, 0.3) is 0 Å². The van der Waals surface area contributed by atoms with E-state index in [0.29, 0.717) is 0 Å². The van der Waals surface area contributed by atoms with Crippen LogP contribution in [0.3, 0.4) is 0 Å². The van der Waals surface area contributed by atoms with Crippen LogP contribution in [0.2, 0.25) is 0 Å². The maximum atomic E-state index is 8.40. The van der Waals surface area contributed by atoms with E-state index in [9.17, 15) is 0 Å². The third kappa shape index (κ3) is 6.50.